The van der Waals surface area contributed by atoms with E-state index in [0.717, 1.165) is 5.56 Å². The third-order valence-electron chi connectivity index (χ3n) is 4.59. The number of ether oxygens (including phenoxy) is 1. The summed E-state index contributed by atoms with van der Waals surface area (Å²) in [6.45, 7) is 1.80. The van der Waals surface area contributed by atoms with E-state index in [2.05, 4.69) is 4.72 Å². The Morgan fingerprint density at radius 3 is 2.33 bits per heavy atom. The van der Waals surface area contributed by atoms with Crippen LogP contribution < -0.4 is 4.72 Å². The van der Waals surface area contributed by atoms with Gasteiger partial charge in [0.15, 0.2) is 0 Å². The number of fused-ring (bicyclic) bond motifs is 1. The van der Waals surface area contributed by atoms with E-state index in [9.17, 15) is 13.2 Å². The van der Waals surface area contributed by atoms with E-state index in [1.807, 2.05) is 30.3 Å². The molecule has 1 N–H and O–H groups in total. The molecule has 0 aliphatic heterocycles. The molecule has 7 heteroatoms. The van der Waals surface area contributed by atoms with Gasteiger partial charge >= 0.3 is 5.97 Å². The van der Waals surface area contributed by atoms with Crippen LogP contribution in [0.1, 0.15) is 21.7 Å². The van der Waals surface area contributed by atoms with Gasteiger partial charge in [-0.05, 0) is 42.8 Å². The zero-order valence-electron chi connectivity index (χ0n) is 16.2. The van der Waals surface area contributed by atoms with Crippen molar-refractivity contribution in [2.45, 2.75) is 18.4 Å². The number of aryl methyl sites for hydroxylation is 1. The van der Waals surface area contributed by atoms with Gasteiger partial charge in [-0.3, -0.25) is 4.72 Å². The number of anilines is 1. The molecule has 30 heavy (non-hydrogen) atoms. The van der Waals surface area contributed by atoms with Crippen molar-refractivity contribution in [1.82, 2.24) is 0 Å². The SMILES string of the molecule is Cc1oc2ccc(NS(=O)(=O)c3ccccc3)cc2c1C(=O)OCc1ccccc1. The Morgan fingerprint density at radius 2 is 1.63 bits per heavy atom. The maximum atomic E-state index is 12.7. The van der Waals surface area contributed by atoms with Crippen LogP contribution in [0, 0.1) is 6.92 Å². The van der Waals surface area contributed by atoms with Crippen molar-refractivity contribution in [3.8, 4) is 0 Å². The lowest BCUT2D eigenvalue weighted by Gasteiger charge is -2.08. The second kappa shape index (κ2) is 8.04. The zero-order valence-corrected chi connectivity index (χ0v) is 17.0. The van der Waals surface area contributed by atoms with Crippen molar-refractivity contribution in [3.63, 3.8) is 0 Å². The summed E-state index contributed by atoms with van der Waals surface area (Å²) >= 11 is 0. The molecule has 0 aliphatic carbocycles. The van der Waals surface area contributed by atoms with E-state index in [1.165, 1.54) is 12.1 Å². The first-order valence-electron chi connectivity index (χ1n) is 9.26. The molecule has 0 atom stereocenters. The standard InChI is InChI=1S/C23H19NO5S/c1-16-22(23(25)28-15-17-8-4-2-5-9-17)20-14-18(12-13-21(20)29-16)24-30(26,27)19-10-6-3-7-11-19/h2-14,24H,15H2,1H3. The molecule has 0 spiro atoms. The molecular formula is C23H19NO5S. The van der Waals surface area contributed by atoms with Crippen molar-refractivity contribution in [2.75, 3.05) is 4.72 Å². The van der Waals surface area contributed by atoms with E-state index in [1.54, 1.807) is 43.3 Å². The second-order valence-corrected chi connectivity index (χ2v) is 8.41. The molecule has 1 heterocycles. The van der Waals surface area contributed by atoms with Crippen molar-refractivity contribution < 1.29 is 22.4 Å². The average Bonchev–Trinajstić information content (AvgIpc) is 3.08. The molecule has 3 aromatic carbocycles. The number of hydrogen-bond donors (Lipinski definition) is 1. The zero-order chi connectivity index (χ0) is 21.1. The van der Waals surface area contributed by atoms with Crippen LogP contribution in [0.4, 0.5) is 5.69 Å². The van der Waals surface area contributed by atoms with Crippen LogP contribution >= 0.6 is 0 Å². The lowest BCUT2D eigenvalue weighted by atomic mass is 10.1. The fraction of sp³-hybridized carbons (Fsp3) is 0.0870. The van der Waals surface area contributed by atoms with E-state index in [-0.39, 0.29) is 17.1 Å². The van der Waals surface area contributed by atoms with Gasteiger partial charge in [-0.15, -0.1) is 0 Å². The molecule has 0 saturated heterocycles. The van der Waals surface area contributed by atoms with Crippen molar-refractivity contribution in [2.24, 2.45) is 0 Å². The number of esters is 1. The molecule has 0 bridgehead atoms. The minimum atomic E-state index is -3.75. The summed E-state index contributed by atoms with van der Waals surface area (Å²) in [6.07, 6.45) is 0. The predicted octanol–water partition coefficient (Wildman–Crippen LogP) is 4.90. The van der Waals surface area contributed by atoms with Crippen LogP contribution in [0.15, 0.2) is 88.2 Å². The first-order valence-corrected chi connectivity index (χ1v) is 10.7. The summed E-state index contributed by atoms with van der Waals surface area (Å²) in [6, 6.07) is 22.2. The third-order valence-corrected chi connectivity index (χ3v) is 5.98. The van der Waals surface area contributed by atoms with Gasteiger partial charge in [-0.25, -0.2) is 13.2 Å². The molecule has 0 fully saturated rings. The number of rotatable bonds is 6. The predicted molar refractivity (Wildman–Crippen MR) is 114 cm³/mol. The number of sulfonamides is 1. The summed E-state index contributed by atoms with van der Waals surface area (Å²) in [5.41, 5.74) is 1.94. The maximum absolute atomic E-state index is 12.7. The Hall–Kier alpha value is -3.58. The fourth-order valence-electron chi connectivity index (χ4n) is 3.15. The highest BCUT2D eigenvalue weighted by Crippen LogP contribution is 2.30. The highest BCUT2D eigenvalue weighted by atomic mass is 32.2. The van der Waals surface area contributed by atoms with Gasteiger partial charge in [0.25, 0.3) is 10.0 Å². The van der Waals surface area contributed by atoms with Crippen molar-refractivity contribution >= 4 is 32.6 Å². The number of carbonyl (C=O) groups excluding carboxylic acids is 1. The first kappa shape index (κ1) is 19.7. The Morgan fingerprint density at radius 1 is 0.967 bits per heavy atom. The molecule has 0 amide bonds. The van der Waals surface area contributed by atoms with Crippen LogP contribution in [0.3, 0.4) is 0 Å². The molecule has 0 radical (unpaired) electrons. The summed E-state index contributed by atoms with van der Waals surface area (Å²) in [7, 11) is -3.75. The highest BCUT2D eigenvalue weighted by Gasteiger charge is 2.21. The molecule has 6 nitrogen and oxygen atoms in total. The number of carbonyl (C=O) groups is 1. The van der Waals surface area contributed by atoms with Gasteiger partial charge in [0.05, 0.1) is 4.90 Å². The fourth-order valence-corrected chi connectivity index (χ4v) is 4.22. The summed E-state index contributed by atoms with van der Waals surface area (Å²) < 4.78 is 38.8. The minimum Gasteiger partial charge on any atom is -0.460 e. The number of benzene rings is 3. The van der Waals surface area contributed by atoms with Crippen LogP contribution in [0.5, 0.6) is 0 Å². The monoisotopic (exact) mass is 421 g/mol. The van der Waals surface area contributed by atoms with Crippen LogP contribution in [-0.4, -0.2) is 14.4 Å². The molecule has 152 valence electrons. The van der Waals surface area contributed by atoms with Gasteiger partial charge < -0.3 is 9.15 Å². The van der Waals surface area contributed by atoms with Crippen LogP contribution in [0.2, 0.25) is 0 Å². The molecular weight excluding hydrogens is 402 g/mol. The van der Waals surface area contributed by atoms with Gasteiger partial charge in [0, 0.05) is 11.1 Å². The highest BCUT2D eigenvalue weighted by molar-refractivity contribution is 7.92. The molecule has 0 saturated carbocycles. The molecule has 4 rings (SSSR count). The summed E-state index contributed by atoms with van der Waals surface area (Å²) in [5, 5.41) is 0.485. The van der Waals surface area contributed by atoms with Crippen molar-refractivity contribution in [3.05, 3.63) is 95.7 Å². The lowest BCUT2D eigenvalue weighted by Crippen LogP contribution is -2.12. The second-order valence-electron chi connectivity index (χ2n) is 6.72. The minimum absolute atomic E-state index is 0.131. The Balaban J connectivity index is 1.62. The number of hydrogen-bond acceptors (Lipinski definition) is 5. The first-order chi connectivity index (χ1) is 14.4. The van der Waals surface area contributed by atoms with Gasteiger partial charge in [-0.2, -0.15) is 0 Å². The van der Waals surface area contributed by atoms with Crippen molar-refractivity contribution in [1.29, 1.82) is 0 Å². The van der Waals surface area contributed by atoms with E-state index < -0.39 is 16.0 Å². The smallest absolute Gasteiger partial charge is 0.342 e. The normalized spacial score (nSPS) is 11.4. The van der Waals surface area contributed by atoms with Gasteiger partial charge in [-0.1, -0.05) is 48.5 Å². The molecule has 0 aliphatic rings. The molecule has 1 aromatic heterocycles. The average molecular weight is 421 g/mol. The number of nitrogens with one attached hydrogen (secondary N) is 1. The van der Waals surface area contributed by atoms with Crippen LogP contribution in [-0.2, 0) is 21.4 Å². The van der Waals surface area contributed by atoms with E-state index >= 15 is 0 Å². The quantitative estimate of drug-likeness (QED) is 0.448. The lowest BCUT2D eigenvalue weighted by molar-refractivity contribution is 0.0473. The Labute approximate surface area is 174 Å². The van der Waals surface area contributed by atoms with Gasteiger partial charge in [0.2, 0.25) is 0 Å². The van der Waals surface area contributed by atoms with Crippen LogP contribution in [0.25, 0.3) is 11.0 Å². The number of furan rings is 1. The van der Waals surface area contributed by atoms with Gasteiger partial charge in [0.1, 0.15) is 23.5 Å². The molecule has 0 unspecified atom stereocenters. The summed E-state index contributed by atoms with van der Waals surface area (Å²) in [5.74, 6) is -0.121. The molecule has 4 aromatic rings. The largest absolute Gasteiger partial charge is 0.460 e. The maximum Gasteiger partial charge on any atom is 0.342 e. The Kier molecular flexibility index (Phi) is 5.29. The van der Waals surface area contributed by atoms with E-state index in [0.29, 0.717) is 22.4 Å². The van der Waals surface area contributed by atoms with E-state index in [4.69, 9.17) is 9.15 Å². The topological polar surface area (TPSA) is 85.6 Å². The Bertz CT molecular complexity index is 1300. The third kappa shape index (κ3) is 4.06. The summed E-state index contributed by atoms with van der Waals surface area (Å²) in [4.78, 5) is 12.9.